The number of nitrogens with zero attached hydrogens (tertiary/aromatic N) is 3. The predicted molar refractivity (Wildman–Crippen MR) is 76.7 cm³/mol. The third-order valence-corrected chi connectivity index (χ3v) is 3.72. The maximum Gasteiger partial charge on any atom is 0.273 e. The summed E-state index contributed by atoms with van der Waals surface area (Å²) in [5, 5.41) is 14.3. The first-order valence-corrected chi connectivity index (χ1v) is 6.79. The first-order valence-electron chi connectivity index (χ1n) is 6.79. The van der Waals surface area contributed by atoms with Gasteiger partial charge in [-0.25, -0.2) is 4.98 Å². The Bertz CT molecular complexity index is 662. The highest BCUT2D eigenvalue weighted by Gasteiger charge is 2.22. The molecule has 0 spiro atoms. The lowest BCUT2D eigenvalue weighted by Gasteiger charge is -2.16. The number of nitro benzene ring substituents is 1. The monoisotopic (exact) mass is 288 g/mol. The molecular weight excluding hydrogens is 272 g/mol. The molecule has 1 aromatic carbocycles. The van der Waals surface area contributed by atoms with Gasteiger partial charge in [-0.3, -0.25) is 14.7 Å². The van der Waals surface area contributed by atoms with Gasteiger partial charge in [0.1, 0.15) is 5.75 Å². The van der Waals surface area contributed by atoms with Gasteiger partial charge in [0.2, 0.25) is 0 Å². The zero-order valence-electron chi connectivity index (χ0n) is 11.7. The molecule has 1 fully saturated rings. The van der Waals surface area contributed by atoms with Crippen molar-refractivity contribution in [3.8, 4) is 11.4 Å². The first kappa shape index (κ1) is 13.6. The second kappa shape index (κ2) is 5.53. The number of methoxy groups -OCH3 is 1. The lowest BCUT2D eigenvalue weighted by atomic mass is 10.1. The zero-order chi connectivity index (χ0) is 14.8. The van der Waals surface area contributed by atoms with Crippen LogP contribution in [0.4, 0.5) is 5.69 Å². The topological polar surface area (TPSA) is 82.2 Å². The van der Waals surface area contributed by atoms with Crippen LogP contribution in [0.15, 0.2) is 30.7 Å². The van der Waals surface area contributed by atoms with Crippen LogP contribution in [-0.2, 0) is 0 Å². The van der Waals surface area contributed by atoms with E-state index < -0.39 is 4.92 Å². The summed E-state index contributed by atoms with van der Waals surface area (Å²) in [6, 6.07) is 4.86. The summed E-state index contributed by atoms with van der Waals surface area (Å²) in [4.78, 5) is 14.6. The molecule has 0 aliphatic carbocycles. The van der Waals surface area contributed by atoms with Gasteiger partial charge in [0, 0.05) is 12.1 Å². The van der Waals surface area contributed by atoms with E-state index in [4.69, 9.17) is 4.74 Å². The third kappa shape index (κ3) is 2.47. The van der Waals surface area contributed by atoms with E-state index in [2.05, 4.69) is 10.3 Å². The summed E-state index contributed by atoms with van der Waals surface area (Å²) < 4.78 is 7.23. The van der Waals surface area contributed by atoms with Gasteiger partial charge in [-0.2, -0.15) is 0 Å². The average Bonchev–Trinajstić information content (AvgIpc) is 3.16. The fourth-order valence-corrected chi connectivity index (χ4v) is 2.68. The normalized spacial score (nSPS) is 17.9. The highest BCUT2D eigenvalue weighted by atomic mass is 16.6. The summed E-state index contributed by atoms with van der Waals surface area (Å²) in [5.74, 6) is 0.460. The van der Waals surface area contributed by atoms with Crippen LogP contribution < -0.4 is 10.1 Å². The first-order chi connectivity index (χ1) is 10.2. The van der Waals surface area contributed by atoms with Crippen molar-refractivity contribution in [2.45, 2.75) is 18.9 Å². The number of imidazole rings is 1. The standard InChI is InChI=1S/C14H16N4O3/c1-21-14-7-10(18(19)20)4-5-12(14)17-9-15-8-13(17)11-3-2-6-16-11/h4-5,7-9,11,16H,2-3,6H2,1H3/t11-/m0/s1. The predicted octanol–water partition coefficient (Wildman–Crippen LogP) is 2.21. The van der Waals surface area contributed by atoms with Crippen LogP contribution in [0.25, 0.3) is 5.69 Å². The largest absolute Gasteiger partial charge is 0.494 e. The highest BCUT2D eigenvalue weighted by molar-refractivity contribution is 5.54. The molecule has 0 amide bonds. The van der Waals surface area contributed by atoms with Gasteiger partial charge >= 0.3 is 0 Å². The average molecular weight is 288 g/mol. The molecule has 1 aromatic heterocycles. The van der Waals surface area contributed by atoms with Crippen LogP contribution >= 0.6 is 0 Å². The third-order valence-electron chi connectivity index (χ3n) is 3.72. The number of non-ortho nitro benzene ring substituents is 1. The number of nitrogens with one attached hydrogen (secondary N) is 1. The summed E-state index contributed by atoms with van der Waals surface area (Å²) in [5.41, 5.74) is 1.81. The van der Waals surface area contributed by atoms with E-state index >= 15 is 0 Å². The van der Waals surface area contributed by atoms with E-state index in [1.165, 1.54) is 19.2 Å². The maximum absolute atomic E-state index is 10.9. The van der Waals surface area contributed by atoms with Crippen LogP contribution in [0.2, 0.25) is 0 Å². The molecule has 1 atom stereocenters. The Morgan fingerprint density at radius 3 is 3.05 bits per heavy atom. The second-order valence-electron chi connectivity index (χ2n) is 4.95. The summed E-state index contributed by atoms with van der Waals surface area (Å²) in [6.45, 7) is 0.993. The van der Waals surface area contributed by atoms with Crippen LogP contribution in [-0.4, -0.2) is 28.1 Å². The van der Waals surface area contributed by atoms with Gasteiger partial charge in [-0.15, -0.1) is 0 Å². The Kier molecular flexibility index (Phi) is 3.57. The van der Waals surface area contributed by atoms with Gasteiger partial charge < -0.3 is 10.1 Å². The number of ether oxygens (including phenoxy) is 1. The van der Waals surface area contributed by atoms with Crippen molar-refractivity contribution in [2.75, 3.05) is 13.7 Å². The number of hydrogen-bond acceptors (Lipinski definition) is 5. The minimum Gasteiger partial charge on any atom is -0.494 e. The molecule has 2 heterocycles. The molecule has 1 aliphatic heterocycles. The lowest BCUT2D eigenvalue weighted by Crippen LogP contribution is -2.16. The fourth-order valence-electron chi connectivity index (χ4n) is 2.68. The van der Waals surface area contributed by atoms with Gasteiger partial charge in [-0.1, -0.05) is 0 Å². The van der Waals surface area contributed by atoms with Gasteiger partial charge in [0.15, 0.2) is 0 Å². The Morgan fingerprint density at radius 1 is 1.52 bits per heavy atom. The molecule has 0 bridgehead atoms. The highest BCUT2D eigenvalue weighted by Crippen LogP contribution is 2.31. The van der Waals surface area contributed by atoms with E-state index in [1.807, 2.05) is 10.8 Å². The Hall–Kier alpha value is -2.41. The van der Waals surface area contributed by atoms with Crippen molar-refractivity contribution in [2.24, 2.45) is 0 Å². The van der Waals surface area contributed by atoms with Gasteiger partial charge in [0.05, 0.1) is 42.0 Å². The second-order valence-corrected chi connectivity index (χ2v) is 4.95. The molecule has 0 saturated carbocycles. The molecular formula is C14H16N4O3. The van der Waals surface area contributed by atoms with Gasteiger partial charge in [0.25, 0.3) is 5.69 Å². The SMILES string of the molecule is COc1cc([N+](=O)[O-])ccc1-n1cncc1[C@@H]1CCCN1. The molecule has 110 valence electrons. The maximum atomic E-state index is 10.9. The molecule has 3 rings (SSSR count). The quantitative estimate of drug-likeness (QED) is 0.689. The van der Waals surface area contributed by atoms with E-state index in [9.17, 15) is 10.1 Å². The van der Waals surface area contributed by atoms with E-state index in [1.54, 1.807) is 12.4 Å². The Morgan fingerprint density at radius 2 is 2.38 bits per heavy atom. The van der Waals surface area contributed by atoms with Crippen LogP contribution in [0.5, 0.6) is 5.75 Å². The van der Waals surface area contributed by atoms with Crippen molar-refractivity contribution in [1.29, 1.82) is 0 Å². The van der Waals surface area contributed by atoms with Crippen molar-refractivity contribution in [3.05, 3.63) is 46.5 Å². The number of rotatable bonds is 4. The lowest BCUT2D eigenvalue weighted by molar-refractivity contribution is -0.384. The van der Waals surface area contributed by atoms with Crippen LogP contribution in [0.3, 0.4) is 0 Å². The van der Waals surface area contributed by atoms with E-state index in [0.717, 1.165) is 30.8 Å². The van der Waals surface area contributed by atoms with Crippen molar-refractivity contribution < 1.29 is 9.66 Å². The minimum absolute atomic E-state index is 0.0104. The van der Waals surface area contributed by atoms with Crippen molar-refractivity contribution in [3.63, 3.8) is 0 Å². The number of hydrogen-bond donors (Lipinski definition) is 1. The summed E-state index contributed by atoms with van der Waals surface area (Å²) in [7, 11) is 1.51. The molecule has 1 saturated heterocycles. The molecule has 1 N–H and O–H groups in total. The Labute approximate surface area is 121 Å². The van der Waals surface area contributed by atoms with Crippen molar-refractivity contribution >= 4 is 5.69 Å². The molecule has 0 unspecified atom stereocenters. The number of aromatic nitrogens is 2. The zero-order valence-corrected chi connectivity index (χ0v) is 11.7. The smallest absolute Gasteiger partial charge is 0.273 e. The van der Waals surface area contributed by atoms with Crippen LogP contribution in [0.1, 0.15) is 24.6 Å². The van der Waals surface area contributed by atoms with Gasteiger partial charge in [-0.05, 0) is 25.5 Å². The molecule has 1 aliphatic rings. The molecule has 0 radical (unpaired) electrons. The number of benzene rings is 1. The molecule has 7 heteroatoms. The number of nitro groups is 1. The Balaban J connectivity index is 2.04. The summed E-state index contributed by atoms with van der Waals surface area (Å²) in [6.07, 6.45) is 5.72. The van der Waals surface area contributed by atoms with E-state index in [-0.39, 0.29) is 11.7 Å². The van der Waals surface area contributed by atoms with Crippen LogP contribution in [0, 0.1) is 10.1 Å². The van der Waals surface area contributed by atoms with E-state index in [0.29, 0.717) is 5.75 Å². The minimum atomic E-state index is -0.431. The van der Waals surface area contributed by atoms with Crippen molar-refractivity contribution in [1.82, 2.24) is 14.9 Å². The molecule has 7 nitrogen and oxygen atoms in total. The summed E-state index contributed by atoms with van der Waals surface area (Å²) >= 11 is 0. The molecule has 2 aromatic rings. The molecule has 21 heavy (non-hydrogen) atoms. The fraction of sp³-hybridized carbons (Fsp3) is 0.357.